The number of pyridine rings is 2. The minimum absolute atomic E-state index is 0.0128. The minimum atomic E-state index is -0.875. The van der Waals surface area contributed by atoms with Gasteiger partial charge in [0, 0.05) is 49.4 Å². The third-order valence-corrected chi connectivity index (χ3v) is 9.94. The van der Waals surface area contributed by atoms with Gasteiger partial charge in [0.25, 0.3) is 11.5 Å². The largest absolute Gasteiger partial charge is 0.496 e. The van der Waals surface area contributed by atoms with Gasteiger partial charge >= 0.3 is 0 Å². The molecule has 0 aliphatic carbocycles. The Bertz CT molecular complexity index is 2010. The Balaban J connectivity index is 1.69. The molecule has 2 fully saturated rings. The topological polar surface area (TPSA) is 82.9 Å². The Morgan fingerprint density at radius 1 is 1.06 bits per heavy atom. The number of aryl methyl sites for hydroxylation is 1. The van der Waals surface area contributed by atoms with Crippen molar-refractivity contribution in [2.75, 3.05) is 50.1 Å². The van der Waals surface area contributed by atoms with Crippen molar-refractivity contribution in [3.63, 3.8) is 0 Å². The molecule has 12 heteroatoms. The summed E-state index contributed by atoms with van der Waals surface area (Å²) in [6, 6.07) is 6.72. The van der Waals surface area contributed by atoms with E-state index in [2.05, 4.69) is 15.2 Å². The van der Waals surface area contributed by atoms with Gasteiger partial charge in [-0.25, -0.2) is 8.78 Å². The average molecular weight is 663 g/mol. The number of piperazine rings is 1. The fourth-order valence-corrected chi connectivity index (χ4v) is 7.72. The zero-order valence-corrected chi connectivity index (χ0v) is 28.0. The number of benzene rings is 2. The molecule has 47 heavy (non-hydrogen) atoms. The standard InChI is InChI=1S/C35H37ClF2N6O3/c1-17(2)29-30(18(3)10-11-39-29)44-31-21(12-22(36)26(28(31)38)27-23(37)8-7-9-25(27)47-6)32-33(35(44)46)43(20-15-41(5)16-20)34(45)24-13-40-19(4)14-42(24)32/h7-12,17,19-20,24,40H,13-16H2,1-6H3/t19-,24-/m1/s1. The first-order valence-electron chi connectivity index (χ1n) is 15.9. The van der Waals surface area contributed by atoms with Gasteiger partial charge in [0.2, 0.25) is 0 Å². The quantitative estimate of drug-likeness (QED) is 0.313. The van der Waals surface area contributed by atoms with Gasteiger partial charge in [0.05, 0.1) is 46.3 Å². The Morgan fingerprint density at radius 3 is 2.49 bits per heavy atom. The van der Waals surface area contributed by atoms with Gasteiger partial charge in [-0.1, -0.05) is 31.5 Å². The van der Waals surface area contributed by atoms with Crippen molar-refractivity contribution in [3.8, 4) is 22.6 Å². The highest BCUT2D eigenvalue weighted by atomic mass is 35.5. The molecule has 3 aliphatic rings. The fraction of sp³-hybridized carbons (Fsp3) is 0.400. The third-order valence-electron chi connectivity index (χ3n) is 9.64. The molecule has 3 aliphatic heterocycles. The average Bonchev–Trinajstić information content (AvgIpc) is 3.01. The second kappa shape index (κ2) is 11.6. The van der Waals surface area contributed by atoms with E-state index in [-0.39, 0.29) is 57.0 Å². The number of halogens is 3. The lowest BCUT2D eigenvalue weighted by molar-refractivity contribution is -0.121. The van der Waals surface area contributed by atoms with E-state index in [9.17, 15) is 4.79 Å². The number of hydrogen-bond donors (Lipinski definition) is 1. The maximum Gasteiger partial charge on any atom is 0.281 e. The number of likely N-dealkylation sites (N-methyl/N-ethyl adjacent to an activating group) is 1. The van der Waals surface area contributed by atoms with Gasteiger partial charge in [-0.2, -0.15) is 0 Å². The summed E-state index contributed by atoms with van der Waals surface area (Å²) in [5.74, 6) is -1.82. The molecule has 4 aromatic rings. The van der Waals surface area contributed by atoms with Gasteiger partial charge in [-0.05, 0) is 56.6 Å². The van der Waals surface area contributed by atoms with Crippen LogP contribution in [0.1, 0.15) is 37.9 Å². The first kappa shape index (κ1) is 31.5. The number of hydrogen-bond acceptors (Lipinski definition) is 7. The number of aromatic nitrogens is 2. The minimum Gasteiger partial charge on any atom is -0.496 e. The number of fused-ring (bicyclic) bond motifs is 5. The first-order chi connectivity index (χ1) is 22.4. The molecule has 0 unspecified atom stereocenters. The summed E-state index contributed by atoms with van der Waals surface area (Å²) in [4.78, 5) is 39.9. The van der Waals surface area contributed by atoms with Gasteiger partial charge in [0.1, 0.15) is 23.3 Å². The van der Waals surface area contributed by atoms with E-state index >= 15 is 13.6 Å². The van der Waals surface area contributed by atoms with E-state index in [0.717, 1.165) is 0 Å². The lowest BCUT2D eigenvalue weighted by atomic mass is 9.93. The molecule has 0 spiro atoms. The number of methoxy groups -OCH3 is 1. The summed E-state index contributed by atoms with van der Waals surface area (Å²) in [6.45, 7) is 9.69. The van der Waals surface area contributed by atoms with Crippen LogP contribution in [0.4, 0.5) is 20.2 Å². The monoisotopic (exact) mass is 662 g/mol. The molecule has 5 heterocycles. The van der Waals surface area contributed by atoms with Crippen LogP contribution in [-0.2, 0) is 4.79 Å². The van der Waals surface area contributed by atoms with Crippen molar-refractivity contribution in [1.82, 2.24) is 19.8 Å². The summed E-state index contributed by atoms with van der Waals surface area (Å²) >= 11 is 6.95. The van der Waals surface area contributed by atoms with E-state index in [1.807, 2.05) is 39.6 Å². The molecule has 9 nitrogen and oxygen atoms in total. The van der Waals surface area contributed by atoms with Crippen LogP contribution >= 0.6 is 11.6 Å². The van der Waals surface area contributed by atoms with Gasteiger partial charge in [-0.15, -0.1) is 0 Å². The number of nitrogens with zero attached hydrogens (tertiary/aromatic N) is 5. The third kappa shape index (κ3) is 4.73. The summed E-state index contributed by atoms with van der Waals surface area (Å²) in [5.41, 5.74) is 1.35. The van der Waals surface area contributed by atoms with Crippen molar-refractivity contribution in [2.45, 2.75) is 51.7 Å². The highest BCUT2D eigenvalue weighted by Crippen LogP contribution is 2.48. The van der Waals surface area contributed by atoms with Crippen LogP contribution < -0.4 is 25.4 Å². The Morgan fingerprint density at radius 2 is 1.81 bits per heavy atom. The number of anilines is 2. The van der Waals surface area contributed by atoms with Crippen molar-refractivity contribution < 1.29 is 18.3 Å². The lowest BCUT2D eigenvalue weighted by Crippen LogP contribution is -2.70. The normalized spacial score (nSPS) is 20.1. The van der Waals surface area contributed by atoms with Crippen molar-refractivity contribution in [3.05, 3.63) is 74.8 Å². The molecule has 2 saturated heterocycles. The molecule has 7 rings (SSSR count). The van der Waals surface area contributed by atoms with Crippen molar-refractivity contribution in [1.29, 1.82) is 0 Å². The molecule has 246 valence electrons. The van der Waals surface area contributed by atoms with E-state index in [1.165, 1.54) is 29.9 Å². The van der Waals surface area contributed by atoms with Crippen LogP contribution in [0.5, 0.6) is 5.75 Å². The number of ether oxygens (including phenoxy) is 1. The molecular formula is C35H37ClF2N6O3. The van der Waals surface area contributed by atoms with E-state index < -0.39 is 23.2 Å². The summed E-state index contributed by atoms with van der Waals surface area (Å²) in [5, 5.41) is 3.70. The Labute approximate surface area is 276 Å². The Hall–Kier alpha value is -4.06. The highest BCUT2D eigenvalue weighted by molar-refractivity contribution is 6.35. The molecule has 1 amide bonds. The zero-order chi connectivity index (χ0) is 33.5. The van der Waals surface area contributed by atoms with E-state index in [4.69, 9.17) is 16.3 Å². The zero-order valence-electron chi connectivity index (χ0n) is 27.2. The number of carbonyl (C=O) groups is 1. The fourth-order valence-electron chi connectivity index (χ4n) is 7.44. The van der Waals surface area contributed by atoms with Gasteiger partial charge < -0.3 is 19.9 Å². The Kier molecular flexibility index (Phi) is 7.76. The predicted molar refractivity (Wildman–Crippen MR) is 180 cm³/mol. The van der Waals surface area contributed by atoms with Crippen LogP contribution in [0.3, 0.4) is 0 Å². The van der Waals surface area contributed by atoms with Crippen LogP contribution in [0, 0.1) is 18.6 Å². The second-order valence-electron chi connectivity index (χ2n) is 13.2. The number of rotatable bonds is 5. The molecule has 2 aromatic carbocycles. The summed E-state index contributed by atoms with van der Waals surface area (Å²) < 4.78 is 40.0. The van der Waals surface area contributed by atoms with E-state index in [1.54, 1.807) is 23.2 Å². The van der Waals surface area contributed by atoms with Gasteiger partial charge in [0.15, 0.2) is 5.82 Å². The molecule has 0 radical (unpaired) electrons. The molecule has 0 bridgehead atoms. The molecule has 2 atom stereocenters. The smallest absolute Gasteiger partial charge is 0.281 e. The lowest BCUT2D eigenvalue weighted by Gasteiger charge is -2.52. The highest BCUT2D eigenvalue weighted by Gasteiger charge is 2.48. The maximum atomic E-state index is 17.6. The summed E-state index contributed by atoms with van der Waals surface area (Å²) in [6.07, 6.45) is 1.66. The van der Waals surface area contributed by atoms with Gasteiger partial charge in [-0.3, -0.25) is 24.0 Å². The molecule has 1 N–H and O–H groups in total. The predicted octanol–water partition coefficient (Wildman–Crippen LogP) is 5.25. The van der Waals surface area contributed by atoms with Crippen molar-refractivity contribution in [2.24, 2.45) is 0 Å². The summed E-state index contributed by atoms with van der Waals surface area (Å²) in [7, 11) is 3.34. The second-order valence-corrected chi connectivity index (χ2v) is 13.6. The van der Waals surface area contributed by atoms with Crippen LogP contribution in [-0.4, -0.2) is 78.8 Å². The van der Waals surface area contributed by atoms with Crippen LogP contribution in [0.25, 0.3) is 27.7 Å². The SMILES string of the molecule is COc1cccc(F)c1-c1c(Cl)cc2c3c(c(=O)n(-c4c(C)ccnc4C(C)C)c2c1F)N(C1CN(C)C1)C(=O)[C@H]1CN[C@H](C)CN31. The molecule has 0 saturated carbocycles. The number of carbonyl (C=O) groups excluding carboxylic acids is 1. The number of likely N-dealkylation sites (tertiary alicyclic amines) is 1. The van der Waals surface area contributed by atoms with Crippen LogP contribution in [0.15, 0.2) is 41.3 Å². The van der Waals surface area contributed by atoms with Crippen molar-refractivity contribution >= 4 is 39.8 Å². The molecular weight excluding hydrogens is 626 g/mol. The van der Waals surface area contributed by atoms with E-state index in [0.29, 0.717) is 54.2 Å². The van der Waals surface area contributed by atoms with Crippen LogP contribution in [0.2, 0.25) is 5.02 Å². The number of nitrogens with one attached hydrogen (secondary N) is 1. The molecule has 2 aromatic heterocycles. The first-order valence-corrected chi connectivity index (χ1v) is 16.2. The number of amides is 1. The maximum absolute atomic E-state index is 17.6.